The molecule has 0 N–H and O–H groups in total. The minimum Gasteiger partial charge on any atom is -0.461 e. The van der Waals surface area contributed by atoms with Crippen molar-refractivity contribution in [1.29, 1.82) is 0 Å². The zero-order chi connectivity index (χ0) is 33.5. The van der Waals surface area contributed by atoms with Gasteiger partial charge in [-0.25, -0.2) is 0 Å². The van der Waals surface area contributed by atoms with Gasteiger partial charge in [-0.1, -0.05) is 127 Å². The normalized spacial score (nSPS) is 15.2. The molecule has 2 aliphatic rings. The number of para-hydroxylation sites is 3. The first-order valence-corrected chi connectivity index (χ1v) is 17.7. The number of hydrogen-bond acceptors (Lipinski definition) is 1. The summed E-state index contributed by atoms with van der Waals surface area (Å²) < 4.78 is 11.4. The van der Waals surface area contributed by atoms with Crippen molar-refractivity contribution in [2.24, 2.45) is 0 Å². The van der Waals surface area contributed by atoms with E-state index in [1.807, 2.05) is 0 Å². The molecule has 9 aromatic rings. The molecule has 0 radical (unpaired) electrons. The van der Waals surface area contributed by atoms with E-state index in [1.54, 1.807) is 0 Å². The molecule has 3 nitrogen and oxygen atoms in total. The Kier molecular flexibility index (Phi) is 6.08. The van der Waals surface area contributed by atoms with Crippen LogP contribution in [0, 0.1) is 0 Å². The van der Waals surface area contributed by atoms with Gasteiger partial charge in [-0.3, -0.25) is 0 Å². The molecule has 0 spiro atoms. The number of allylic oxidation sites excluding steroid dienone is 4. The average Bonchev–Trinajstić information content (AvgIpc) is 3.85. The van der Waals surface area contributed by atoms with E-state index in [0.29, 0.717) is 0 Å². The summed E-state index contributed by atoms with van der Waals surface area (Å²) in [6.45, 7) is 0. The predicted octanol–water partition coefficient (Wildman–Crippen LogP) is 12.5. The molecule has 1 aliphatic heterocycles. The Balaban J connectivity index is 1.14. The van der Waals surface area contributed by atoms with Gasteiger partial charge >= 0.3 is 0 Å². The summed E-state index contributed by atoms with van der Waals surface area (Å²) in [6, 6.07) is 59.3. The van der Waals surface area contributed by atoms with E-state index in [1.165, 1.54) is 71.4 Å². The summed E-state index contributed by atoms with van der Waals surface area (Å²) in [4.78, 5) is 0. The highest BCUT2D eigenvalue weighted by Crippen LogP contribution is 2.48. The Morgan fingerprint density at radius 1 is 0.490 bits per heavy atom. The number of rotatable bonds is 4. The van der Waals surface area contributed by atoms with Crippen LogP contribution in [0.5, 0.6) is 5.75 Å². The molecule has 7 aromatic carbocycles. The highest BCUT2D eigenvalue weighted by molar-refractivity contribution is 6.26. The van der Waals surface area contributed by atoms with E-state index in [-0.39, 0.29) is 5.92 Å². The van der Waals surface area contributed by atoms with Gasteiger partial charge in [0.15, 0.2) is 0 Å². The first kappa shape index (κ1) is 28.3. The zero-order valence-corrected chi connectivity index (χ0v) is 27.8. The highest BCUT2D eigenvalue weighted by atomic mass is 16.5. The SMILES string of the molecule is C1=C2Oc3ccccc3C2CC=C1n1c2ccccc2c2c1ccc1c3ccccc3n(-c3cccc(-c4cccc(-c5ccccc5)c4)c3)c12. The summed E-state index contributed by atoms with van der Waals surface area (Å²) in [7, 11) is 0. The van der Waals surface area contributed by atoms with Crippen molar-refractivity contribution < 1.29 is 4.74 Å². The second kappa shape index (κ2) is 11.0. The van der Waals surface area contributed by atoms with Crippen LogP contribution >= 0.6 is 0 Å². The second-order valence-electron chi connectivity index (χ2n) is 13.7. The molecule has 51 heavy (non-hydrogen) atoms. The molecule has 0 fully saturated rings. The van der Waals surface area contributed by atoms with Crippen LogP contribution in [0.1, 0.15) is 17.9 Å². The molecule has 1 aliphatic carbocycles. The van der Waals surface area contributed by atoms with Crippen LogP contribution in [0.4, 0.5) is 0 Å². The van der Waals surface area contributed by atoms with Crippen LogP contribution in [0.15, 0.2) is 182 Å². The van der Waals surface area contributed by atoms with E-state index in [9.17, 15) is 0 Å². The number of aromatic nitrogens is 2. The Morgan fingerprint density at radius 2 is 1.16 bits per heavy atom. The number of fused-ring (bicyclic) bond motifs is 10. The number of ether oxygens (including phenoxy) is 1. The Morgan fingerprint density at radius 3 is 2.02 bits per heavy atom. The van der Waals surface area contributed by atoms with Gasteiger partial charge in [0.1, 0.15) is 11.5 Å². The lowest BCUT2D eigenvalue weighted by molar-refractivity contribution is 0.425. The molecule has 11 rings (SSSR count). The number of hydrogen-bond donors (Lipinski definition) is 0. The lowest BCUT2D eigenvalue weighted by Crippen LogP contribution is -2.06. The number of nitrogens with zero attached hydrogens (tertiary/aromatic N) is 2. The molecule has 1 unspecified atom stereocenters. The van der Waals surface area contributed by atoms with E-state index in [4.69, 9.17) is 4.74 Å². The van der Waals surface area contributed by atoms with Crippen molar-refractivity contribution >= 4 is 49.3 Å². The molecule has 2 aromatic heterocycles. The maximum atomic E-state index is 6.43. The van der Waals surface area contributed by atoms with Gasteiger partial charge in [-0.15, -0.1) is 0 Å². The standard InChI is InChI=1S/C48H32N2O/c1-2-12-31(13-3-1)32-14-10-15-33(28-32)34-16-11-17-35(29-34)50-42-21-7-4-18-37(42)40-26-27-44-47(48(40)50)41-20-5-8-22-43(41)49(44)36-24-25-39-38-19-6-9-23-45(38)51-46(39)30-36/h1-24,26-30,39H,25H2. The second-order valence-corrected chi connectivity index (χ2v) is 13.7. The molecular formula is C48H32N2O. The molecule has 240 valence electrons. The van der Waals surface area contributed by atoms with E-state index >= 15 is 0 Å². The smallest absolute Gasteiger partial charge is 0.130 e. The monoisotopic (exact) mass is 652 g/mol. The third-order valence-corrected chi connectivity index (χ3v) is 10.9. The van der Waals surface area contributed by atoms with Crippen LogP contribution in [0.3, 0.4) is 0 Å². The summed E-state index contributed by atoms with van der Waals surface area (Å²) in [6.07, 6.45) is 5.55. The van der Waals surface area contributed by atoms with E-state index in [2.05, 4.69) is 185 Å². The van der Waals surface area contributed by atoms with Crippen molar-refractivity contribution in [2.45, 2.75) is 12.3 Å². The van der Waals surface area contributed by atoms with Crippen molar-refractivity contribution in [2.75, 3.05) is 0 Å². The molecule has 0 amide bonds. The molecular weight excluding hydrogens is 621 g/mol. The van der Waals surface area contributed by atoms with Crippen molar-refractivity contribution in [1.82, 2.24) is 9.13 Å². The van der Waals surface area contributed by atoms with Crippen LogP contribution in [0.25, 0.3) is 77.2 Å². The van der Waals surface area contributed by atoms with Gasteiger partial charge in [0.05, 0.1) is 22.1 Å². The molecule has 0 saturated heterocycles. The van der Waals surface area contributed by atoms with Crippen LogP contribution < -0.4 is 4.74 Å². The van der Waals surface area contributed by atoms with Gasteiger partial charge in [-0.2, -0.15) is 0 Å². The van der Waals surface area contributed by atoms with Gasteiger partial charge in [0.25, 0.3) is 0 Å². The van der Waals surface area contributed by atoms with Crippen molar-refractivity contribution in [3.8, 4) is 33.7 Å². The molecule has 3 heterocycles. The largest absolute Gasteiger partial charge is 0.461 e. The topological polar surface area (TPSA) is 19.1 Å². The Hall–Kier alpha value is -6.58. The fourth-order valence-corrected chi connectivity index (χ4v) is 8.57. The maximum absolute atomic E-state index is 6.43. The lowest BCUT2D eigenvalue weighted by Gasteiger charge is -2.18. The number of benzene rings is 7. The fraction of sp³-hybridized carbons (Fsp3) is 0.0417. The summed E-state index contributed by atoms with van der Waals surface area (Å²) >= 11 is 0. The third kappa shape index (κ3) is 4.25. The van der Waals surface area contributed by atoms with E-state index in [0.717, 1.165) is 29.3 Å². The highest BCUT2D eigenvalue weighted by Gasteiger charge is 2.32. The predicted molar refractivity (Wildman–Crippen MR) is 211 cm³/mol. The minimum absolute atomic E-state index is 0.271. The average molecular weight is 653 g/mol. The van der Waals surface area contributed by atoms with Crippen LogP contribution in [-0.2, 0) is 0 Å². The molecule has 0 bridgehead atoms. The van der Waals surface area contributed by atoms with Gasteiger partial charge in [-0.05, 0) is 71.1 Å². The third-order valence-electron chi connectivity index (χ3n) is 10.9. The van der Waals surface area contributed by atoms with Crippen LogP contribution in [-0.4, -0.2) is 9.13 Å². The fourth-order valence-electron chi connectivity index (χ4n) is 8.57. The maximum Gasteiger partial charge on any atom is 0.130 e. The first-order valence-electron chi connectivity index (χ1n) is 17.7. The zero-order valence-electron chi connectivity index (χ0n) is 27.8. The van der Waals surface area contributed by atoms with Crippen molar-refractivity contribution in [3.63, 3.8) is 0 Å². The Bertz CT molecular complexity index is 2920. The lowest BCUT2D eigenvalue weighted by atomic mass is 9.91. The Labute approximate surface area is 295 Å². The molecule has 1 atom stereocenters. The van der Waals surface area contributed by atoms with Gasteiger partial charge in [0.2, 0.25) is 0 Å². The van der Waals surface area contributed by atoms with Crippen LogP contribution in [0.2, 0.25) is 0 Å². The first-order chi connectivity index (χ1) is 25.3. The summed E-state index contributed by atoms with van der Waals surface area (Å²) in [5.74, 6) is 2.28. The molecule has 3 heteroatoms. The summed E-state index contributed by atoms with van der Waals surface area (Å²) in [5.41, 5.74) is 13.2. The van der Waals surface area contributed by atoms with Gasteiger partial charge < -0.3 is 13.9 Å². The molecule has 0 saturated carbocycles. The minimum atomic E-state index is 0.271. The van der Waals surface area contributed by atoms with Crippen molar-refractivity contribution in [3.05, 3.63) is 187 Å². The van der Waals surface area contributed by atoms with E-state index < -0.39 is 0 Å². The van der Waals surface area contributed by atoms with Gasteiger partial charge in [0, 0.05) is 50.5 Å². The quantitative estimate of drug-likeness (QED) is 0.185. The summed E-state index contributed by atoms with van der Waals surface area (Å²) in [5, 5.41) is 5.00.